The van der Waals surface area contributed by atoms with E-state index in [2.05, 4.69) is 19.6 Å². The van der Waals surface area contributed by atoms with E-state index in [1.165, 1.54) is 22.3 Å². The maximum absolute atomic E-state index is 2.83. The average molecular weight is 297 g/mol. The van der Waals surface area contributed by atoms with Gasteiger partial charge < -0.3 is 0 Å². The van der Waals surface area contributed by atoms with E-state index in [1.807, 2.05) is 0 Å². The van der Waals surface area contributed by atoms with Crippen LogP contribution < -0.4 is 0 Å². The molecule has 2 fully saturated rings. The van der Waals surface area contributed by atoms with Crippen molar-refractivity contribution in [3.63, 3.8) is 0 Å². The van der Waals surface area contributed by atoms with Crippen LogP contribution in [0.25, 0.3) is 0 Å². The van der Waals surface area contributed by atoms with Crippen molar-refractivity contribution in [1.29, 1.82) is 0 Å². The van der Waals surface area contributed by atoms with E-state index in [0.29, 0.717) is 0 Å². The second kappa shape index (κ2) is 6.13. The zero-order valence-electron chi connectivity index (χ0n) is 12.3. The summed E-state index contributed by atoms with van der Waals surface area (Å²) < 4.78 is 3.49. The van der Waals surface area contributed by atoms with Crippen LogP contribution in [0.2, 0.25) is 20.0 Å². The molecule has 0 nitrogen and oxygen atoms in total. The van der Waals surface area contributed by atoms with Gasteiger partial charge in [0.25, 0.3) is 0 Å². The van der Waals surface area contributed by atoms with Gasteiger partial charge in [-0.2, -0.15) is 0 Å². The van der Waals surface area contributed by atoms with E-state index in [1.54, 1.807) is 51.4 Å². The third-order valence-corrected chi connectivity index (χ3v) is 21.2. The molecule has 0 saturated heterocycles. The van der Waals surface area contributed by atoms with Crippen molar-refractivity contribution in [2.75, 3.05) is 0 Å². The summed E-state index contributed by atoms with van der Waals surface area (Å²) in [5, 5.41) is 0. The maximum atomic E-state index is 2.83. The second-order valence-corrected chi connectivity index (χ2v) is 18.8. The minimum absolute atomic E-state index is 1.06. The molecule has 0 spiro atoms. The first-order chi connectivity index (χ1) is 8.15. The van der Waals surface area contributed by atoms with E-state index in [9.17, 15) is 0 Å². The van der Waals surface area contributed by atoms with E-state index < -0.39 is 13.3 Å². The Morgan fingerprint density at radius 1 is 0.706 bits per heavy atom. The van der Waals surface area contributed by atoms with Crippen LogP contribution in [-0.4, -0.2) is 13.3 Å². The van der Waals surface area contributed by atoms with Crippen molar-refractivity contribution < 1.29 is 0 Å². The molecule has 0 heterocycles. The molecule has 0 aromatic carbocycles. The van der Waals surface area contributed by atoms with Crippen LogP contribution in [0.1, 0.15) is 78.1 Å². The van der Waals surface area contributed by atoms with Crippen molar-refractivity contribution in [3.8, 4) is 0 Å². The van der Waals surface area contributed by atoms with E-state index >= 15 is 0 Å². The van der Waals surface area contributed by atoms with Crippen LogP contribution in [0, 0.1) is 0 Å². The van der Waals surface area contributed by atoms with Gasteiger partial charge in [0, 0.05) is 0 Å². The Morgan fingerprint density at radius 2 is 1.06 bits per heavy atom. The number of hydrogen-bond acceptors (Lipinski definition) is 0. The number of rotatable bonds is 3. The summed E-state index contributed by atoms with van der Waals surface area (Å²) in [6, 6.07) is 0. The van der Waals surface area contributed by atoms with Gasteiger partial charge in [-0.25, -0.2) is 0 Å². The Balaban J connectivity index is 2.11. The molecule has 0 N–H and O–H groups in total. The molecule has 0 radical (unpaired) electrons. The van der Waals surface area contributed by atoms with Crippen LogP contribution in [0.3, 0.4) is 0 Å². The van der Waals surface area contributed by atoms with E-state index in [0.717, 1.165) is 4.75 Å². The summed E-state index contributed by atoms with van der Waals surface area (Å²) >= 11 is -1.61. The summed E-state index contributed by atoms with van der Waals surface area (Å²) in [5.41, 5.74) is 0. The van der Waals surface area contributed by atoms with Gasteiger partial charge in [0.05, 0.1) is 0 Å². The Morgan fingerprint density at radius 3 is 1.35 bits per heavy atom. The molecule has 1 heteroatoms. The van der Waals surface area contributed by atoms with Gasteiger partial charge in [-0.05, 0) is 0 Å². The molecule has 0 aromatic heterocycles. The molecular weight excluding hydrogens is 265 g/mol. The zero-order chi connectivity index (χ0) is 12.3. The van der Waals surface area contributed by atoms with E-state index in [4.69, 9.17) is 0 Å². The fraction of sp³-hybridized carbons (Fsp3) is 1.00. The van der Waals surface area contributed by atoms with Crippen LogP contribution in [0.4, 0.5) is 0 Å². The molecule has 100 valence electrons. The molecule has 0 atom stereocenters. The average Bonchev–Trinajstić information content (AvgIpc) is 2.39. The Labute approximate surface area is 111 Å². The molecule has 2 rings (SSSR count). The van der Waals surface area contributed by atoms with E-state index in [-0.39, 0.29) is 0 Å². The minimum atomic E-state index is -1.61. The van der Waals surface area contributed by atoms with Gasteiger partial charge in [-0.1, -0.05) is 0 Å². The first kappa shape index (κ1) is 14.0. The topological polar surface area (TPSA) is 0 Å². The quantitative estimate of drug-likeness (QED) is 0.548. The van der Waals surface area contributed by atoms with Crippen molar-refractivity contribution in [2.24, 2.45) is 0 Å². The Bertz CT molecular complexity index is 204. The fourth-order valence-corrected chi connectivity index (χ4v) is 17.0. The van der Waals surface area contributed by atoms with Gasteiger partial charge in [0.2, 0.25) is 0 Å². The van der Waals surface area contributed by atoms with Gasteiger partial charge in [-0.3, -0.25) is 0 Å². The molecule has 17 heavy (non-hydrogen) atoms. The molecule has 2 aliphatic rings. The van der Waals surface area contributed by atoms with Crippen molar-refractivity contribution in [1.82, 2.24) is 0 Å². The van der Waals surface area contributed by atoms with Crippen LogP contribution in [0.5, 0.6) is 0 Å². The first-order valence-electron chi connectivity index (χ1n) is 8.15. The summed E-state index contributed by atoms with van der Waals surface area (Å²) in [6.45, 7) is 5.15. The number of hydrogen-bond donors (Lipinski definition) is 0. The third-order valence-electron chi connectivity index (χ3n) is 6.21. The molecule has 2 aliphatic carbocycles. The fourth-order valence-electron chi connectivity index (χ4n) is 4.73. The standard InChI is InChI=1S/C16H32Ge/c1-14(2)17(3,15-10-6-4-7-11-15)16-12-8-5-9-13-16/h14-16H,4-13H2,1-3H3. The summed E-state index contributed by atoms with van der Waals surface area (Å²) in [5.74, 6) is 2.83. The molecule has 0 unspecified atom stereocenters. The van der Waals surface area contributed by atoms with Crippen molar-refractivity contribution in [2.45, 2.75) is 98.1 Å². The zero-order valence-corrected chi connectivity index (χ0v) is 14.4. The Hall–Kier alpha value is 0.543. The molecule has 0 aliphatic heterocycles. The SMILES string of the molecule is C[CH](C)[Ge]([CH3])([CH]1CCCCC1)[CH]1CCCCC1. The van der Waals surface area contributed by atoms with Crippen LogP contribution in [0.15, 0.2) is 0 Å². The van der Waals surface area contributed by atoms with Gasteiger partial charge in [-0.15, -0.1) is 0 Å². The van der Waals surface area contributed by atoms with Crippen molar-refractivity contribution in [3.05, 3.63) is 0 Å². The molecule has 0 aromatic rings. The molecule has 0 bridgehead atoms. The summed E-state index contributed by atoms with van der Waals surface area (Å²) in [6.07, 6.45) is 15.6. The summed E-state index contributed by atoms with van der Waals surface area (Å²) in [4.78, 5) is 0. The van der Waals surface area contributed by atoms with Gasteiger partial charge in [0.1, 0.15) is 0 Å². The third kappa shape index (κ3) is 2.93. The predicted molar refractivity (Wildman–Crippen MR) is 80.4 cm³/mol. The first-order valence-corrected chi connectivity index (χ1v) is 13.9. The monoisotopic (exact) mass is 298 g/mol. The molecule has 2 saturated carbocycles. The normalized spacial score (nSPS) is 25.4. The second-order valence-electron chi connectivity index (χ2n) is 7.19. The van der Waals surface area contributed by atoms with Crippen LogP contribution in [-0.2, 0) is 0 Å². The van der Waals surface area contributed by atoms with Crippen LogP contribution >= 0.6 is 0 Å². The Kier molecular flexibility index (Phi) is 5.03. The van der Waals surface area contributed by atoms with Gasteiger partial charge in [0.15, 0.2) is 0 Å². The molecule has 0 amide bonds. The predicted octanol–water partition coefficient (Wildman–Crippen LogP) is 6.14. The van der Waals surface area contributed by atoms with Gasteiger partial charge >= 0.3 is 111 Å². The van der Waals surface area contributed by atoms with Crippen molar-refractivity contribution >= 4 is 13.3 Å². The molecular formula is C16H32Ge. The summed E-state index contributed by atoms with van der Waals surface area (Å²) in [7, 11) is 0.